The molecule has 1 aromatic rings. The fraction of sp³-hybridized carbons (Fsp3) is 0.364. The second-order valence-electron chi connectivity index (χ2n) is 3.62. The molecule has 1 unspecified atom stereocenters. The summed E-state index contributed by atoms with van der Waals surface area (Å²) in [7, 11) is 3.29. The zero-order valence-electron chi connectivity index (χ0n) is 8.92. The van der Waals surface area contributed by atoms with Crippen LogP contribution in [-0.4, -0.2) is 19.0 Å². The summed E-state index contributed by atoms with van der Waals surface area (Å²) in [5.41, 5.74) is -0.380. The third-order valence-corrected chi connectivity index (χ3v) is 2.17. The van der Waals surface area contributed by atoms with E-state index in [1.165, 1.54) is 12.1 Å². The topological polar surface area (TPSA) is 27.0 Å². The second kappa shape index (κ2) is 4.54. The van der Waals surface area contributed by atoms with Crippen molar-refractivity contribution in [2.45, 2.75) is 12.2 Å². The van der Waals surface area contributed by atoms with Crippen LogP contribution in [-0.2, 0) is 6.18 Å². The van der Waals surface area contributed by atoms with Crippen LogP contribution in [0, 0.1) is 11.3 Å². The molecular formula is C11H11F3N2. The number of rotatable bonds is 2. The van der Waals surface area contributed by atoms with E-state index < -0.39 is 17.8 Å². The summed E-state index contributed by atoms with van der Waals surface area (Å²) in [6.45, 7) is 0. The lowest BCUT2D eigenvalue weighted by Crippen LogP contribution is -2.19. The van der Waals surface area contributed by atoms with Gasteiger partial charge in [-0.1, -0.05) is 12.1 Å². The standard InChI is InChI=1S/C11H11F3N2/c1-16(2)10(7-15)8-4-3-5-9(6-8)11(12,13)14/h3-6,10H,1-2H3. The van der Waals surface area contributed by atoms with E-state index in [9.17, 15) is 13.2 Å². The Balaban J connectivity index is 3.13. The Morgan fingerprint density at radius 1 is 1.31 bits per heavy atom. The van der Waals surface area contributed by atoms with Crippen molar-refractivity contribution in [3.05, 3.63) is 35.4 Å². The van der Waals surface area contributed by atoms with E-state index in [0.29, 0.717) is 5.56 Å². The molecule has 1 aromatic carbocycles. The Kier molecular flexibility index (Phi) is 3.55. The highest BCUT2D eigenvalue weighted by atomic mass is 19.4. The molecule has 0 aliphatic carbocycles. The quantitative estimate of drug-likeness (QED) is 0.778. The molecule has 1 atom stereocenters. The van der Waals surface area contributed by atoms with Crippen molar-refractivity contribution >= 4 is 0 Å². The maximum Gasteiger partial charge on any atom is 0.416 e. The average Bonchev–Trinajstić information content (AvgIpc) is 2.17. The van der Waals surface area contributed by atoms with Crippen LogP contribution in [0.1, 0.15) is 17.2 Å². The van der Waals surface area contributed by atoms with Crippen LogP contribution < -0.4 is 0 Å². The lowest BCUT2D eigenvalue weighted by atomic mass is 10.0. The molecule has 0 N–H and O–H groups in total. The Labute approximate surface area is 91.9 Å². The molecule has 0 spiro atoms. The zero-order chi connectivity index (χ0) is 12.3. The van der Waals surface area contributed by atoms with Crippen molar-refractivity contribution in [2.75, 3.05) is 14.1 Å². The maximum absolute atomic E-state index is 12.4. The largest absolute Gasteiger partial charge is 0.416 e. The van der Waals surface area contributed by atoms with Gasteiger partial charge in [0.2, 0.25) is 0 Å². The summed E-state index contributed by atoms with van der Waals surface area (Å²) in [4.78, 5) is 1.56. The first-order valence-corrected chi connectivity index (χ1v) is 4.59. The average molecular weight is 228 g/mol. The van der Waals surface area contributed by atoms with Gasteiger partial charge in [-0.3, -0.25) is 4.90 Å². The van der Waals surface area contributed by atoms with Crippen LogP contribution in [0.2, 0.25) is 0 Å². The summed E-state index contributed by atoms with van der Waals surface area (Å²) in [6.07, 6.45) is -4.37. The molecule has 0 fully saturated rings. The summed E-state index contributed by atoms with van der Waals surface area (Å²) in [5, 5.41) is 8.87. The van der Waals surface area contributed by atoms with Crippen LogP contribution in [0.4, 0.5) is 13.2 Å². The highest BCUT2D eigenvalue weighted by Gasteiger charge is 2.31. The lowest BCUT2D eigenvalue weighted by molar-refractivity contribution is -0.137. The lowest BCUT2D eigenvalue weighted by Gasteiger charge is -2.18. The highest BCUT2D eigenvalue weighted by Crippen LogP contribution is 2.31. The Bertz CT molecular complexity index is 404. The van der Waals surface area contributed by atoms with E-state index in [4.69, 9.17) is 5.26 Å². The first-order valence-electron chi connectivity index (χ1n) is 4.59. The molecule has 1 rings (SSSR count). The SMILES string of the molecule is CN(C)C(C#N)c1cccc(C(F)(F)F)c1. The van der Waals surface area contributed by atoms with Gasteiger partial charge in [-0.15, -0.1) is 0 Å². The number of nitriles is 1. The van der Waals surface area contributed by atoms with Gasteiger partial charge in [-0.05, 0) is 31.8 Å². The summed E-state index contributed by atoms with van der Waals surface area (Å²) in [5.74, 6) is 0. The number of halogens is 3. The van der Waals surface area contributed by atoms with E-state index in [-0.39, 0.29) is 0 Å². The molecule has 5 heteroatoms. The fourth-order valence-electron chi connectivity index (χ4n) is 1.37. The van der Waals surface area contributed by atoms with Crippen LogP contribution in [0.3, 0.4) is 0 Å². The van der Waals surface area contributed by atoms with Gasteiger partial charge in [0.15, 0.2) is 0 Å². The van der Waals surface area contributed by atoms with Gasteiger partial charge in [0.05, 0.1) is 11.6 Å². The zero-order valence-corrected chi connectivity index (χ0v) is 8.92. The van der Waals surface area contributed by atoms with Crippen LogP contribution in [0.5, 0.6) is 0 Å². The van der Waals surface area contributed by atoms with Crippen molar-refractivity contribution in [3.8, 4) is 6.07 Å². The van der Waals surface area contributed by atoms with Gasteiger partial charge in [0.1, 0.15) is 6.04 Å². The molecule has 0 aromatic heterocycles. The molecule has 0 radical (unpaired) electrons. The normalized spacial score (nSPS) is 13.6. The fourth-order valence-corrected chi connectivity index (χ4v) is 1.37. The molecule has 0 saturated carbocycles. The van der Waals surface area contributed by atoms with E-state index >= 15 is 0 Å². The van der Waals surface area contributed by atoms with Gasteiger partial charge in [0.25, 0.3) is 0 Å². The third kappa shape index (κ3) is 2.74. The summed E-state index contributed by atoms with van der Waals surface area (Å²) >= 11 is 0. The van der Waals surface area contributed by atoms with E-state index in [0.717, 1.165) is 12.1 Å². The molecule has 0 bridgehead atoms. The third-order valence-electron chi connectivity index (χ3n) is 2.17. The van der Waals surface area contributed by atoms with E-state index in [1.807, 2.05) is 6.07 Å². The first kappa shape index (κ1) is 12.5. The van der Waals surface area contributed by atoms with E-state index in [1.54, 1.807) is 19.0 Å². The molecule has 86 valence electrons. The smallest absolute Gasteiger partial charge is 0.291 e. The Morgan fingerprint density at radius 2 is 1.94 bits per heavy atom. The predicted octanol–water partition coefficient (Wildman–Crippen LogP) is 2.83. The van der Waals surface area contributed by atoms with E-state index in [2.05, 4.69) is 0 Å². The Hall–Kier alpha value is -1.54. The van der Waals surface area contributed by atoms with Crippen molar-refractivity contribution < 1.29 is 13.2 Å². The maximum atomic E-state index is 12.4. The van der Waals surface area contributed by atoms with Crippen molar-refractivity contribution in [1.29, 1.82) is 5.26 Å². The Morgan fingerprint density at radius 3 is 2.38 bits per heavy atom. The highest BCUT2D eigenvalue weighted by molar-refractivity contribution is 5.30. The van der Waals surface area contributed by atoms with Crippen LogP contribution in [0.15, 0.2) is 24.3 Å². The minimum atomic E-state index is -4.37. The number of hydrogen-bond donors (Lipinski definition) is 0. The number of nitrogens with zero attached hydrogens (tertiary/aromatic N) is 2. The minimum absolute atomic E-state index is 0.349. The van der Waals surface area contributed by atoms with Gasteiger partial charge in [0, 0.05) is 0 Å². The van der Waals surface area contributed by atoms with Crippen molar-refractivity contribution in [1.82, 2.24) is 4.90 Å². The van der Waals surface area contributed by atoms with Crippen LogP contribution >= 0.6 is 0 Å². The summed E-state index contributed by atoms with van der Waals surface area (Å²) < 4.78 is 37.3. The molecule has 2 nitrogen and oxygen atoms in total. The monoisotopic (exact) mass is 228 g/mol. The minimum Gasteiger partial charge on any atom is -0.291 e. The van der Waals surface area contributed by atoms with Crippen molar-refractivity contribution in [2.24, 2.45) is 0 Å². The molecule has 0 heterocycles. The molecule has 0 aliphatic rings. The van der Waals surface area contributed by atoms with Crippen molar-refractivity contribution in [3.63, 3.8) is 0 Å². The molecule has 0 amide bonds. The molecule has 16 heavy (non-hydrogen) atoms. The van der Waals surface area contributed by atoms with Gasteiger partial charge < -0.3 is 0 Å². The molecule has 0 aliphatic heterocycles. The number of benzene rings is 1. The molecule has 0 saturated heterocycles. The number of alkyl halides is 3. The van der Waals surface area contributed by atoms with Crippen LogP contribution in [0.25, 0.3) is 0 Å². The second-order valence-corrected chi connectivity index (χ2v) is 3.62. The molecular weight excluding hydrogens is 217 g/mol. The van der Waals surface area contributed by atoms with Gasteiger partial charge in [-0.25, -0.2) is 0 Å². The number of hydrogen-bond acceptors (Lipinski definition) is 2. The predicted molar refractivity (Wildman–Crippen MR) is 53.5 cm³/mol. The summed E-state index contributed by atoms with van der Waals surface area (Å²) in [6, 6.07) is 6.12. The van der Waals surface area contributed by atoms with Gasteiger partial charge in [-0.2, -0.15) is 18.4 Å². The first-order chi connectivity index (χ1) is 7.36. The van der Waals surface area contributed by atoms with Gasteiger partial charge >= 0.3 is 6.18 Å².